The summed E-state index contributed by atoms with van der Waals surface area (Å²) in [6, 6.07) is 0. The fourth-order valence-electron chi connectivity index (χ4n) is 6.68. The molecule has 6 heteroatoms. The minimum Gasteiger partial charge on any atom is -0.462 e. The van der Waals surface area contributed by atoms with Crippen LogP contribution in [0.4, 0.5) is 0 Å². The van der Waals surface area contributed by atoms with Gasteiger partial charge in [-0.3, -0.25) is 14.4 Å². The zero-order valence-electron chi connectivity index (χ0n) is 39.7. The Kier molecular flexibility index (Phi) is 46.5. The summed E-state index contributed by atoms with van der Waals surface area (Å²) >= 11 is 0. The van der Waals surface area contributed by atoms with Crippen molar-refractivity contribution in [2.45, 2.75) is 232 Å². The second-order valence-corrected chi connectivity index (χ2v) is 16.3. The van der Waals surface area contributed by atoms with Crippen LogP contribution >= 0.6 is 0 Å². The highest BCUT2D eigenvalue weighted by Gasteiger charge is 2.19. The molecule has 0 spiro atoms. The normalized spacial score (nSPS) is 12.8. The Morgan fingerprint density at radius 2 is 0.639 bits per heavy atom. The predicted molar refractivity (Wildman–Crippen MR) is 261 cm³/mol. The summed E-state index contributed by atoms with van der Waals surface area (Å²) in [7, 11) is 0. The van der Waals surface area contributed by atoms with Crippen LogP contribution in [-0.4, -0.2) is 37.2 Å². The average Bonchev–Trinajstić information content (AvgIpc) is 3.26. The molecule has 0 aromatic rings. The fraction of sp³-hybridized carbons (Fsp3) is 0.691. The van der Waals surface area contributed by atoms with Gasteiger partial charge in [0, 0.05) is 19.3 Å². The smallest absolute Gasteiger partial charge is 0.306 e. The molecule has 0 aromatic carbocycles. The van der Waals surface area contributed by atoms with Crippen LogP contribution in [0.1, 0.15) is 226 Å². The highest BCUT2D eigenvalue weighted by molar-refractivity contribution is 5.71. The third kappa shape index (κ3) is 47.5. The van der Waals surface area contributed by atoms with Gasteiger partial charge >= 0.3 is 17.9 Å². The van der Waals surface area contributed by atoms with Crippen molar-refractivity contribution < 1.29 is 28.6 Å². The van der Waals surface area contributed by atoms with Gasteiger partial charge in [0.1, 0.15) is 13.2 Å². The zero-order chi connectivity index (χ0) is 44.4. The van der Waals surface area contributed by atoms with E-state index in [2.05, 4.69) is 106 Å². The molecule has 0 aliphatic carbocycles. The Morgan fingerprint density at radius 1 is 0.344 bits per heavy atom. The molecule has 0 N–H and O–H groups in total. The number of carbonyl (C=O) groups is 3. The molecule has 0 aliphatic rings. The van der Waals surface area contributed by atoms with Crippen LogP contribution in [0, 0.1) is 0 Å². The van der Waals surface area contributed by atoms with Crippen LogP contribution in [-0.2, 0) is 28.6 Å². The summed E-state index contributed by atoms with van der Waals surface area (Å²) in [4.78, 5) is 37.8. The van der Waals surface area contributed by atoms with Gasteiger partial charge in [-0.15, -0.1) is 0 Å². The van der Waals surface area contributed by atoms with Gasteiger partial charge in [-0.25, -0.2) is 0 Å². The maximum atomic E-state index is 12.7. The lowest BCUT2D eigenvalue weighted by molar-refractivity contribution is -0.167. The first-order valence-corrected chi connectivity index (χ1v) is 25.1. The number of hydrogen-bond donors (Lipinski definition) is 0. The van der Waals surface area contributed by atoms with Gasteiger partial charge in [0.05, 0.1) is 0 Å². The average molecular weight is 849 g/mol. The SMILES string of the molecule is CC/C=C\C/C=C\C/C=C\C/C=C\CCCCCCCCCCC(=O)OCC(COC(=O)CCCCCCCCC)OC(=O)CCCCCCC/C=C\C/C=C\C/C=C\CC. The molecule has 0 rings (SSSR count). The summed E-state index contributed by atoms with van der Waals surface area (Å²) in [5.41, 5.74) is 0. The second-order valence-electron chi connectivity index (χ2n) is 16.3. The fourth-order valence-corrected chi connectivity index (χ4v) is 6.68. The standard InChI is InChI=1S/C55H92O6/c1-4-7-10-13-16-18-20-22-24-25-26-27-28-29-31-32-34-36-39-42-45-48-54(57)60-51-52(50-59-53(56)47-44-41-38-15-12-9-6-3)61-55(58)49-46-43-40-37-35-33-30-23-21-19-17-14-11-8-5-2/h7-8,10-11,16-19,22-24,26-27,30,52H,4-6,9,12-15,20-21,25,28-29,31-51H2,1-3H3/b10-7-,11-8-,18-16-,19-17-,24-22-,27-26-,30-23-. The molecule has 0 saturated heterocycles. The van der Waals surface area contributed by atoms with E-state index < -0.39 is 6.10 Å². The monoisotopic (exact) mass is 849 g/mol. The zero-order valence-corrected chi connectivity index (χ0v) is 39.7. The molecular formula is C55H92O6. The molecule has 0 aromatic heterocycles. The molecule has 0 heterocycles. The molecule has 0 saturated carbocycles. The minimum absolute atomic E-state index is 0.0863. The van der Waals surface area contributed by atoms with Crippen molar-refractivity contribution in [3.8, 4) is 0 Å². The Bertz CT molecular complexity index is 1200. The third-order valence-corrected chi connectivity index (χ3v) is 10.4. The number of allylic oxidation sites excluding steroid dienone is 14. The Morgan fingerprint density at radius 3 is 1.00 bits per heavy atom. The highest BCUT2D eigenvalue weighted by Crippen LogP contribution is 2.14. The minimum atomic E-state index is -0.785. The maximum Gasteiger partial charge on any atom is 0.306 e. The maximum absolute atomic E-state index is 12.7. The molecule has 0 radical (unpaired) electrons. The summed E-state index contributed by atoms with van der Waals surface area (Å²) in [6.07, 6.45) is 62.9. The van der Waals surface area contributed by atoms with Crippen LogP contribution in [0.2, 0.25) is 0 Å². The lowest BCUT2D eigenvalue weighted by Gasteiger charge is -2.18. The third-order valence-electron chi connectivity index (χ3n) is 10.4. The molecule has 61 heavy (non-hydrogen) atoms. The lowest BCUT2D eigenvalue weighted by Crippen LogP contribution is -2.30. The molecule has 1 unspecified atom stereocenters. The Balaban J connectivity index is 4.28. The van der Waals surface area contributed by atoms with Gasteiger partial charge in [0.15, 0.2) is 6.10 Å². The molecule has 6 nitrogen and oxygen atoms in total. The first-order chi connectivity index (χ1) is 30.0. The van der Waals surface area contributed by atoms with Crippen LogP contribution < -0.4 is 0 Å². The molecular weight excluding hydrogens is 757 g/mol. The quantitative estimate of drug-likeness (QED) is 0.0263. The van der Waals surface area contributed by atoms with Crippen LogP contribution in [0.15, 0.2) is 85.1 Å². The molecule has 0 aliphatic heterocycles. The first kappa shape index (κ1) is 57.6. The van der Waals surface area contributed by atoms with Crippen LogP contribution in [0.3, 0.4) is 0 Å². The van der Waals surface area contributed by atoms with Crippen molar-refractivity contribution in [1.82, 2.24) is 0 Å². The lowest BCUT2D eigenvalue weighted by atomic mass is 10.1. The van der Waals surface area contributed by atoms with Crippen LogP contribution in [0.25, 0.3) is 0 Å². The van der Waals surface area contributed by atoms with Crippen molar-refractivity contribution in [2.75, 3.05) is 13.2 Å². The van der Waals surface area contributed by atoms with E-state index in [1.54, 1.807) is 0 Å². The van der Waals surface area contributed by atoms with Gasteiger partial charge in [-0.2, -0.15) is 0 Å². The number of carbonyl (C=O) groups excluding carboxylic acids is 3. The van der Waals surface area contributed by atoms with Gasteiger partial charge < -0.3 is 14.2 Å². The van der Waals surface area contributed by atoms with Crippen molar-refractivity contribution >= 4 is 17.9 Å². The summed E-state index contributed by atoms with van der Waals surface area (Å²) in [5, 5.41) is 0. The van der Waals surface area contributed by atoms with Gasteiger partial charge in [-0.1, -0.05) is 202 Å². The molecule has 0 bridgehead atoms. The summed E-state index contributed by atoms with van der Waals surface area (Å²) in [6.45, 7) is 6.34. The Hall–Kier alpha value is -3.41. The van der Waals surface area contributed by atoms with Gasteiger partial charge in [0.2, 0.25) is 0 Å². The predicted octanol–water partition coefficient (Wildman–Crippen LogP) is 16.4. The van der Waals surface area contributed by atoms with Crippen molar-refractivity contribution in [3.63, 3.8) is 0 Å². The van der Waals surface area contributed by atoms with E-state index in [0.29, 0.717) is 19.3 Å². The second kappa shape index (κ2) is 49.2. The van der Waals surface area contributed by atoms with Crippen molar-refractivity contribution in [2.24, 2.45) is 0 Å². The van der Waals surface area contributed by atoms with E-state index in [1.165, 1.54) is 57.8 Å². The molecule has 0 amide bonds. The number of hydrogen-bond acceptors (Lipinski definition) is 6. The van der Waals surface area contributed by atoms with E-state index in [4.69, 9.17) is 14.2 Å². The number of unbranched alkanes of at least 4 members (excludes halogenated alkanes) is 19. The number of rotatable bonds is 44. The van der Waals surface area contributed by atoms with E-state index >= 15 is 0 Å². The van der Waals surface area contributed by atoms with Crippen molar-refractivity contribution in [1.29, 1.82) is 0 Å². The summed E-state index contributed by atoms with van der Waals surface area (Å²) in [5.74, 6) is -0.921. The molecule has 0 fully saturated rings. The van der Waals surface area contributed by atoms with Gasteiger partial charge in [0.25, 0.3) is 0 Å². The first-order valence-electron chi connectivity index (χ1n) is 25.1. The van der Waals surface area contributed by atoms with E-state index in [0.717, 1.165) is 128 Å². The van der Waals surface area contributed by atoms with Crippen molar-refractivity contribution in [3.05, 3.63) is 85.1 Å². The summed E-state index contributed by atoms with van der Waals surface area (Å²) < 4.78 is 16.7. The topological polar surface area (TPSA) is 78.9 Å². The van der Waals surface area contributed by atoms with E-state index in [-0.39, 0.29) is 31.1 Å². The van der Waals surface area contributed by atoms with Gasteiger partial charge in [-0.05, 0) is 89.9 Å². The Labute approximate surface area is 375 Å². The molecule has 348 valence electrons. The van der Waals surface area contributed by atoms with E-state index in [9.17, 15) is 14.4 Å². The van der Waals surface area contributed by atoms with E-state index in [1.807, 2.05) is 0 Å². The molecule has 1 atom stereocenters. The highest BCUT2D eigenvalue weighted by atomic mass is 16.6. The largest absolute Gasteiger partial charge is 0.462 e. The number of esters is 3. The van der Waals surface area contributed by atoms with Crippen LogP contribution in [0.5, 0.6) is 0 Å². The number of ether oxygens (including phenoxy) is 3.